The predicted molar refractivity (Wildman–Crippen MR) is 98.9 cm³/mol. The largest absolute Gasteiger partial charge is 0.478 e. The molecule has 0 fully saturated rings. The van der Waals surface area contributed by atoms with Gasteiger partial charge in [-0.15, -0.1) is 0 Å². The van der Waals surface area contributed by atoms with Crippen molar-refractivity contribution in [3.63, 3.8) is 0 Å². The highest BCUT2D eigenvalue weighted by Gasteiger charge is 2.10. The Balaban J connectivity index is 1.70. The molecule has 0 saturated carbocycles. The van der Waals surface area contributed by atoms with Gasteiger partial charge in [-0.3, -0.25) is 4.98 Å². The number of carbonyl (C=O) groups is 1. The molecule has 2 aromatic carbocycles. The molecule has 0 bridgehead atoms. The molecule has 0 amide bonds. The zero-order valence-electron chi connectivity index (χ0n) is 14.1. The van der Waals surface area contributed by atoms with Gasteiger partial charge in [0.05, 0.1) is 5.56 Å². The summed E-state index contributed by atoms with van der Waals surface area (Å²) in [6, 6.07) is 19.7. The number of hydrogen-bond donors (Lipinski definition) is 1. The van der Waals surface area contributed by atoms with E-state index in [9.17, 15) is 9.90 Å². The highest BCUT2D eigenvalue weighted by Crippen LogP contribution is 2.16. The minimum atomic E-state index is -0.869. The van der Waals surface area contributed by atoms with E-state index in [2.05, 4.69) is 35.3 Å². The molecule has 0 saturated heterocycles. The van der Waals surface area contributed by atoms with Crippen molar-refractivity contribution in [3.05, 3.63) is 101 Å². The van der Waals surface area contributed by atoms with Crippen LogP contribution in [-0.4, -0.2) is 16.1 Å². The number of pyridine rings is 1. The summed E-state index contributed by atoms with van der Waals surface area (Å²) in [7, 11) is 0. The lowest BCUT2D eigenvalue weighted by molar-refractivity contribution is 0.0695. The molecule has 1 aromatic heterocycles. The smallest absolute Gasteiger partial charge is 0.335 e. The number of nitrogens with zero attached hydrogens (tertiary/aromatic N) is 1. The van der Waals surface area contributed by atoms with Crippen LogP contribution in [0.4, 0.5) is 0 Å². The number of carboxylic acid groups (broad SMARTS) is 1. The van der Waals surface area contributed by atoms with Gasteiger partial charge in [-0.25, -0.2) is 4.79 Å². The molecule has 0 aliphatic heterocycles. The second-order valence-electron chi connectivity index (χ2n) is 6.09. The Morgan fingerprint density at radius 3 is 2.24 bits per heavy atom. The quantitative estimate of drug-likeness (QED) is 0.700. The minimum absolute atomic E-state index is 0.386. The van der Waals surface area contributed by atoms with Gasteiger partial charge in [0, 0.05) is 12.4 Å². The van der Waals surface area contributed by atoms with E-state index < -0.39 is 5.97 Å². The van der Waals surface area contributed by atoms with Crippen molar-refractivity contribution in [2.75, 3.05) is 0 Å². The van der Waals surface area contributed by atoms with E-state index in [1.807, 2.05) is 30.6 Å². The number of hydrogen-bond acceptors (Lipinski definition) is 2. The molecule has 0 spiro atoms. The molecule has 3 heteroatoms. The number of carboxylic acids is 1. The number of aromatic nitrogens is 1. The number of rotatable bonds is 7. The van der Waals surface area contributed by atoms with Crippen molar-refractivity contribution >= 4 is 5.97 Å². The Kier molecular flexibility index (Phi) is 5.57. The first-order valence-electron chi connectivity index (χ1n) is 8.51. The van der Waals surface area contributed by atoms with Gasteiger partial charge in [0.25, 0.3) is 0 Å². The first-order valence-corrected chi connectivity index (χ1v) is 8.51. The maximum Gasteiger partial charge on any atom is 0.335 e. The fourth-order valence-corrected chi connectivity index (χ4v) is 3.06. The van der Waals surface area contributed by atoms with Crippen molar-refractivity contribution in [3.8, 4) is 0 Å². The molecule has 0 unspecified atom stereocenters. The predicted octanol–water partition coefficient (Wildman–Crippen LogP) is 4.35. The van der Waals surface area contributed by atoms with Crippen LogP contribution in [0.15, 0.2) is 73.1 Å². The fraction of sp³-hybridized carbons (Fsp3) is 0.182. The van der Waals surface area contributed by atoms with Gasteiger partial charge in [0.2, 0.25) is 0 Å². The fourth-order valence-electron chi connectivity index (χ4n) is 3.06. The van der Waals surface area contributed by atoms with E-state index >= 15 is 0 Å². The van der Waals surface area contributed by atoms with Crippen molar-refractivity contribution < 1.29 is 9.90 Å². The lowest BCUT2D eigenvalue weighted by atomic mass is 9.95. The van der Waals surface area contributed by atoms with E-state index in [1.165, 1.54) is 16.7 Å². The minimum Gasteiger partial charge on any atom is -0.478 e. The number of aromatic carboxylic acids is 1. The summed E-state index contributed by atoms with van der Waals surface area (Å²) in [6.07, 6.45) is 7.18. The van der Waals surface area contributed by atoms with E-state index in [-0.39, 0.29) is 0 Å². The molecule has 3 nitrogen and oxygen atoms in total. The molecule has 0 atom stereocenters. The molecule has 0 aliphatic rings. The molecule has 0 aliphatic carbocycles. The first kappa shape index (κ1) is 16.9. The van der Waals surface area contributed by atoms with Crippen LogP contribution in [0.25, 0.3) is 0 Å². The van der Waals surface area contributed by atoms with E-state index in [0.717, 1.165) is 24.8 Å². The van der Waals surface area contributed by atoms with E-state index in [0.29, 0.717) is 12.0 Å². The average molecular weight is 331 g/mol. The molecule has 3 aromatic rings. The van der Waals surface area contributed by atoms with Gasteiger partial charge < -0.3 is 5.11 Å². The summed E-state index contributed by atoms with van der Waals surface area (Å²) in [5, 5.41) is 9.32. The molecular formula is C22H21NO2. The van der Waals surface area contributed by atoms with Crippen molar-refractivity contribution in [1.82, 2.24) is 4.98 Å². The molecule has 25 heavy (non-hydrogen) atoms. The Hall–Kier alpha value is -2.94. The van der Waals surface area contributed by atoms with Crippen LogP contribution in [0.2, 0.25) is 0 Å². The van der Waals surface area contributed by atoms with Crippen LogP contribution in [-0.2, 0) is 25.7 Å². The van der Waals surface area contributed by atoms with Gasteiger partial charge >= 0.3 is 5.97 Å². The van der Waals surface area contributed by atoms with Crippen molar-refractivity contribution in [2.24, 2.45) is 0 Å². The van der Waals surface area contributed by atoms with E-state index in [4.69, 9.17) is 0 Å². The lowest BCUT2D eigenvalue weighted by Crippen LogP contribution is -2.05. The van der Waals surface area contributed by atoms with Crippen LogP contribution in [0.3, 0.4) is 0 Å². The highest BCUT2D eigenvalue weighted by molar-refractivity contribution is 5.89. The zero-order valence-corrected chi connectivity index (χ0v) is 14.1. The summed E-state index contributed by atoms with van der Waals surface area (Å²) >= 11 is 0. The Labute approximate surface area is 148 Å². The number of benzene rings is 2. The summed E-state index contributed by atoms with van der Waals surface area (Å²) < 4.78 is 0. The molecule has 1 heterocycles. The molecule has 3 rings (SSSR count). The van der Waals surface area contributed by atoms with Crippen LogP contribution < -0.4 is 0 Å². The van der Waals surface area contributed by atoms with Gasteiger partial charge in [0.15, 0.2) is 0 Å². The first-order chi connectivity index (χ1) is 12.2. The molecule has 1 N–H and O–H groups in total. The third-order valence-corrected chi connectivity index (χ3v) is 4.44. The summed E-state index contributed by atoms with van der Waals surface area (Å²) in [5.41, 5.74) is 5.05. The Bertz CT molecular complexity index is 843. The van der Waals surface area contributed by atoms with Gasteiger partial charge in [0.1, 0.15) is 0 Å². The summed E-state index contributed by atoms with van der Waals surface area (Å²) in [4.78, 5) is 15.6. The third-order valence-electron chi connectivity index (χ3n) is 4.44. The topological polar surface area (TPSA) is 50.2 Å². The normalized spacial score (nSPS) is 10.6. The Morgan fingerprint density at radius 2 is 1.44 bits per heavy atom. The highest BCUT2D eigenvalue weighted by atomic mass is 16.4. The second kappa shape index (κ2) is 8.25. The van der Waals surface area contributed by atoms with Crippen molar-refractivity contribution in [1.29, 1.82) is 0 Å². The van der Waals surface area contributed by atoms with Crippen LogP contribution in [0, 0.1) is 0 Å². The maximum absolute atomic E-state index is 11.3. The third kappa shape index (κ3) is 4.54. The zero-order chi connectivity index (χ0) is 17.5. The lowest BCUT2D eigenvalue weighted by Gasteiger charge is -2.10. The monoisotopic (exact) mass is 331 g/mol. The van der Waals surface area contributed by atoms with Crippen molar-refractivity contribution in [2.45, 2.75) is 25.7 Å². The van der Waals surface area contributed by atoms with Crippen LogP contribution in [0.1, 0.15) is 32.6 Å². The van der Waals surface area contributed by atoms with E-state index in [1.54, 1.807) is 12.1 Å². The average Bonchev–Trinajstić information content (AvgIpc) is 2.66. The molecule has 126 valence electrons. The molecule has 0 radical (unpaired) electrons. The van der Waals surface area contributed by atoms with Gasteiger partial charge in [-0.2, -0.15) is 0 Å². The standard InChI is InChI=1S/C22H21NO2/c24-22(25)21-9-5-4-8-19(21)12-13-20-16-23-15-14-18(20)11-10-17-6-2-1-3-7-17/h1-9,14-16H,10-13H2,(H,24,25). The van der Waals surface area contributed by atoms with Gasteiger partial charge in [-0.1, -0.05) is 48.5 Å². The van der Waals surface area contributed by atoms with Crippen LogP contribution >= 0.6 is 0 Å². The van der Waals surface area contributed by atoms with Crippen LogP contribution in [0.5, 0.6) is 0 Å². The SMILES string of the molecule is O=C(O)c1ccccc1CCc1cnccc1CCc1ccccc1. The Morgan fingerprint density at radius 1 is 0.760 bits per heavy atom. The summed E-state index contributed by atoms with van der Waals surface area (Å²) in [5.74, 6) is -0.869. The molecular weight excluding hydrogens is 310 g/mol. The van der Waals surface area contributed by atoms with Gasteiger partial charge in [-0.05, 0) is 60.1 Å². The maximum atomic E-state index is 11.3. The second-order valence-corrected chi connectivity index (χ2v) is 6.09. The summed E-state index contributed by atoms with van der Waals surface area (Å²) in [6.45, 7) is 0. The number of aryl methyl sites for hydroxylation is 4.